The molecule has 0 atom stereocenters. The zero-order chi connectivity index (χ0) is 15.5. The van der Waals surface area contributed by atoms with Crippen molar-refractivity contribution in [3.8, 4) is 0 Å². The lowest BCUT2D eigenvalue weighted by Crippen LogP contribution is -2.57. The summed E-state index contributed by atoms with van der Waals surface area (Å²) < 4.78 is 0. The minimum atomic E-state index is 0.277. The predicted molar refractivity (Wildman–Crippen MR) is 90.3 cm³/mol. The number of rotatable bonds is 5. The number of aromatic nitrogens is 2. The van der Waals surface area contributed by atoms with E-state index in [4.69, 9.17) is 17.3 Å². The molecular formula is C15H19ClN6. The number of benzene rings is 1. The van der Waals surface area contributed by atoms with Gasteiger partial charge >= 0.3 is 0 Å². The van der Waals surface area contributed by atoms with E-state index in [2.05, 4.69) is 25.5 Å². The largest absolute Gasteiger partial charge is 0.368 e. The van der Waals surface area contributed by atoms with Crippen molar-refractivity contribution in [2.75, 3.05) is 36.1 Å². The maximum absolute atomic E-state index is 5.99. The third kappa shape index (κ3) is 3.40. The van der Waals surface area contributed by atoms with Crippen molar-refractivity contribution in [1.29, 1.82) is 0 Å². The monoisotopic (exact) mass is 318 g/mol. The molecule has 0 amide bonds. The Labute approximate surface area is 134 Å². The van der Waals surface area contributed by atoms with Crippen LogP contribution in [-0.2, 0) is 6.54 Å². The number of hydrogen-bond donors (Lipinski definition) is 3. The van der Waals surface area contributed by atoms with E-state index in [9.17, 15) is 0 Å². The molecule has 0 aliphatic carbocycles. The Balaban J connectivity index is 1.67. The fourth-order valence-corrected chi connectivity index (χ4v) is 2.61. The summed E-state index contributed by atoms with van der Waals surface area (Å²) in [7, 11) is 1.97. The van der Waals surface area contributed by atoms with Gasteiger partial charge in [0.1, 0.15) is 11.6 Å². The molecular weight excluding hydrogens is 300 g/mol. The molecule has 1 saturated heterocycles. The zero-order valence-electron chi connectivity index (χ0n) is 12.4. The van der Waals surface area contributed by atoms with Crippen molar-refractivity contribution in [1.82, 2.24) is 15.3 Å². The topological polar surface area (TPSA) is 79.1 Å². The summed E-state index contributed by atoms with van der Waals surface area (Å²) in [5.74, 6) is 1.85. The van der Waals surface area contributed by atoms with Crippen LogP contribution in [0, 0.1) is 0 Å². The quantitative estimate of drug-likeness (QED) is 0.779. The van der Waals surface area contributed by atoms with Crippen molar-refractivity contribution >= 4 is 29.2 Å². The van der Waals surface area contributed by atoms with Crippen LogP contribution < -0.4 is 21.3 Å². The number of anilines is 3. The lowest BCUT2D eigenvalue weighted by Gasteiger charge is -2.40. The van der Waals surface area contributed by atoms with Gasteiger partial charge < -0.3 is 21.3 Å². The maximum Gasteiger partial charge on any atom is 0.223 e. The van der Waals surface area contributed by atoms with E-state index < -0.39 is 0 Å². The Morgan fingerprint density at radius 2 is 2.14 bits per heavy atom. The lowest BCUT2D eigenvalue weighted by atomic mass is 10.1. The van der Waals surface area contributed by atoms with Crippen LogP contribution in [0.2, 0.25) is 5.02 Å². The highest BCUT2D eigenvalue weighted by atomic mass is 35.5. The standard InChI is InChI=1S/C15H19ClN6/c1-18-12-8-22(9-12)14-6-13(20-15(17)21-14)19-7-10-3-2-4-11(16)5-10/h2-6,12,18H,7-9H2,1H3,(H3,17,19,20,21). The molecule has 0 saturated carbocycles. The first kappa shape index (κ1) is 14.9. The van der Waals surface area contributed by atoms with Crippen molar-refractivity contribution in [3.05, 3.63) is 40.9 Å². The number of nitrogens with two attached hydrogens (primary N) is 1. The van der Waals surface area contributed by atoms with E-state index >= 15 is 0 Å². The second kappa shape index (κ2) is 6.37. The van der Waals surface area contributed by atoms with Crippen LogP contribution in [-0.4, -0.2) is 36.1 Å². The van der Waals surface area contributed by atoms with Gasteiger partial charge in [0, 0.05) is 36.8 Å². The summed E-state index contributed by atoms with van der Waals surface area (Å²) in [5, 5.41) is 7.23. The summed E-state index contributed by atoms with van der Waals surface area (Å²) >= 11 is 5.99. The Hall–Kier alpha value is -2.05. The fraction of sp³-hybridized carbons (Fsp3) is 0.333. The van der Waals surface area contributed by atoms with E-state index in [1.807, 2.05) is 37.4 Å². The molecule has 1 fully saturated rings. The van der Waals surface area contributed by atoms with Gasteiger partial charge in [-0.2, -0.15) is 9.97 Å². The van der Waals surface area contributed by atoms with E-state index in [-0.39, 0.29) is 5.95 Å². The van der Waals surface area contributed by atoms with Gasteiger partial charge in [-0.3, -0.25) is 0 Å². The molecule has 116 valence electrons. The molecule has 1 aliphatic rings. The van der Waals surface area contributed by atoms with Gasteiger partial charge in [0.25, 0.3) is 0 Å². The molecule has 1 aromatic carbocycles. The van der Waals surface area contributed by atoms with Crippen LogP contribution in [0.3, 0.4) is 0 Å². The Kier molecular flexibility index (Phi) is 4.31. The number of nitrogen functional groups attached to an aromatic ring is 1. The first-order valence-corrected chi connectivity index (χ1v) is 7.57. The molecule has 1 aliphatic heterocycles. The number of halogens is 1. The third-order valence-electron chi connectivity index (χ3n) is 3.71. The molecule has 7 heteroatoms. The molecule has 3 rings (SSSR count). The molecule has 0 spiro atoms. The van der Waals surface area contributed by atoms with E-state index in [1.54, 1.807) is 0 Å². The maximum atomic E-state index is 5.99. The highest BCUT2D eigenvalue weighted by Gasteiger charge is 2.26. The van der Waals surface area contributed by atoms with Crippen LogP contribution in [0.25, 0.3) is 0 Å². The van der Waals surface area contributed by atoms with Crippen LogP contribution in [0.5, 0.6) is 0 Å². The van der Waals surface area contributed by atoms with Gasteiger partial charge in [0.05, 0.1) is 0 Å². The summed E-state index contributed by atoms with van der Waals surface area (Å²) in [5.41, 5.74) is 6.90. The molecule has 6 nitrogen and oxygen atoms in total. The average Bonchev–Trinajstić information content (AvgIpc) is 2.44. The van der Waals surface area contributed by atoms with Gasteiger partial charge in [-0.05, 0) is 24.7 Å². The zero-order valence-corrected chi connectivity index (χ0v) is 13.1. The molecule has 1 aromatic heterocycles. The lowest BCUT2D eigenvalue weighted by molar-refractivity contribution is 0.447. The van der Waals surface area contributed by atoms with Crippen LogP contribution in [0.4, 0.5) is 17.6 Å². The van der Waals surface area contributed by atoms with Gasteiger partial charge in [-0.15, -0.1) is 0 Å². The van der Waals surface area contributed by atoms with E-state index in [1.165, 1.54) is 0 Å². The summed E-state index contributed by atoms with van der Waals surface area (Å²) in [4.78, 5) is 10.7. The predicted octanol–water partition coefficient (Wildman–Crippen LogP) is 1.73. The minimum Gasteiger partial charge on any atom is -0.368 e. The fourth-order valence-electron chi connectivity index (χ4n) is 2.39. The smallest absolute Gasteiger partial charge is 0.223 e. The summed E-state index contributed by atoms with van der Waals surface area (Å²) in [6.45, 7) is 2.50. The van der Waals surface area contributed by atoms with Crippen molar-refractivity contribution < 1.29 is 0 Å². The van der Waals surface area contributed by atoms with E-state index in [0.717, 1.165) is 35.3 Å². The van der Waals surface area contributed by atoms with Crippen LogP contribution in [0.15, 0.2) is 30.3 Å². The minimum absolute atomic E-state index is 0.277. The number of hydrogen-bond acceptors (Lipinski definition) is 6. The van der Waals surface area contributed by atoms with Gasteiger partial charge in [0.15, 0.2) is 0 Å². The number of nitrogens with zero attached hydrogens (tertiary/aromatic N) is 3. The molecule has 0 radical (unpaired) electrons. The van der Waals surface area contributed by atoms with Gasteiger partial charge in [0.2, 0.25) is 5.95 Å². The van der Waals surface area contributed by atoms with Gasteiger partial charge in [-0.25, -0.2) is 0 Å². The second-order valence-electron chi connectivity index (χ2n) is 5.34. The first-order chi connectivity index (χ1) is 10.6. The summed E-state index contributed by atoms with van der Waals surface area (Å²) in [6, 6.07) is 10.2. The number of likely N-dealkylation sites (N-methyl/N-ethyl adjacent to an activating group) is 1. The molecule has 0 unspecified atom stereocenters. The second-order valence-corrected chi connectivity index (χ2v) is 5.78. The van der Waals surface area contributed by atoms with Crippen molar-refractivity contribution in [3.63, 3.8) is 0 Å². The van der Waals surface area contributed by atoms with Crippen LogP contribution in [0.1, 0.15) is 5.56 Å². The highest BCUT2D eigenvalue weighted by Crippen LogP contribution is 2.22. The Bertz CT molecular complexity index is 656. The van der Waals surface area contributed by atoms with Crippen molar-refractivity contribution in [2.24, 2.45) is 0 Å². The molecule has 2 heterocycles. The molecule has 0 bridgehead atoms. The number of nitrogens with one attached hydrogen (secondary N) is 2. The SMILES string of the molecule is CNC1CN(c2cc(NCc3cccc(Cl)c3)nc(N)n2)C1. The molecule has 22 heavy (non-hydrogen) atoms. The normalized spacial score (nSPS) is 14.7. The highest BCUT2D eigenvalue weighted by molar-refractivity contribution is 6.30. The third-order valence-corrected chi connectivity index (χ3v) is 3.94. The molecule has 4 N–H and O–H groups in total. The van der Waals surface area contributed by atoms with Crippen LogP contribution >= 0.6 is 11.6 Å². The Morgan fingerprint density at radius 3 is 2.86 bits per heavy atom. The van der Waals surface area contributed by atoms with Gasteiger partial charge in [-0.1, -0.05) is 23.7 Å². The average molecular weight is 319 g/mol. The van der Waals surface area contributed by atoms with Crippen molar-refractivity contribution in [2.45, 2.75) is 12.6 Å². The first-order valence-electron chi connectivity index (χ1n) is 7.19. The summed E-state index contributed by atoms with van der Waals surface area (Å²) in [6.07, 6.45) is 0. The Morgan fingerprint density at radius 1 is 1.32 bits per heavy atom. The molecule has 2 aromatic rings. The van der Waals surface area contributed by atoms with E-state index in [0.29, 0.717) is 12.6 Å².